The van der Waals surface area contributed by atoms with E-state index < -0.39 is 10.8 Å². The van der Waals surface area contributed by atoms with E-state index in [0.717, 1.165) is 43.7 Å². The molecule has 0 aromatic carbocycles. The molecule has 0 spiro atoms. The van der Waals surface area contributed by atoms with Gasteiger partial charge in [0.05, 0.1) is 6.04 Å². The lowest BCUT2D eigenvalue weighted by Gasteiger charge is -2.25. The number of amides is 1. The van der Waals surface area contributed by atoms with Crippen LogP contribution in [-0.4, -0.2) is 40.3 Å². The van der Waals surface area contributed by atoms with Gasteiger partial charge in [0.15, 0.2) is 0 Å². The van der Waals surface area contributed by atoms with E-state index >= 15 is 0 Å². The normalized spacial score (nSPS) is 25.7. The minimum Gasteiger partial charge on any atom is -0.355 e. The molecule has 1 fully saturated rings. The van der Waals surface area contributed by atoms with Crippen molar-refractivity contribution in [3.8, 4) is 0 Å². The molecule has 4 nitrogen and oxygen atoms in total. The van der Waals surface area contributed by atoms with E-state index in [9.17, 15) is 9.00 Å². The van der Waals surface area contributed by atoms with Gasteiger partial charge >= 0.3 is 0 Å². The fourth-order valence-corrected chi connectivity index (χ4v) is 3.43. The van der Waals surface area contributed by atoms with Gasteiger partial charge in [-0.2, -0.15) is 0 Å². The van der Waals surface area contributed by atoms with Crippen LogP contribution in [0.3, 0.4) is 0 Å². The van der Waals surface area contributed by atoms with E-state index in [-0.39, 0.29) is 11.9 Å². The first kappa shape index (κ1) is 15.6. The fourth-order valence-electron chi connectivity index (χ4n) is 2.13. The molecule has 1 atom stereocenters. The molecule has 0 aromatic heterocycles. The summed E-state index contributed by atoms with van der Waals surface area (Å²) < 4.78 is 11.2. The van der Waals surface area contributed by atoms with Crippen LogP contribution in [-0.2, 0) is 15.6 Å². The lowest BCUT2D eigenvalue weighted by molar-refractivity contribution is -0.122. The Balaban J connectivity index is 2.16. The number of hydrogen-bond acceptors (Lipinski definition) is 3. The van der Waals surface area contributed by atoms with E-state index in [2.05, 4.69) is 17.6 Å². The van der Waals surface area contributed by atoms with Crippen LogP contribution in [0.2, 0.25) is 0 Å². The zero-order valence-corrected chi connectivity index (χ0v) is 12.4. The van der Waals surface area contributed by atoms with Crippen molar-refractivity contribution >= 4 is 16.7 Å². The molecule has 18 heavy (non-hydrogen) atoms. The minimum atomic E-state index is -0.634. The maximum Gasteiger partial charge on any atom is 0.236 e. The molecule has 5 heteroatoms. The van der Waals surface area contributed by atoms with Crippen molar-refractivity contribution < 1.29 is 9.00 Å². The van der Waals surface area contributed by atoms with Crippen LogP contribution in [0.5, 0.6) is 0 Å². The monoisotopic (exact) mass is 274 g/mol. The molecule has 1 heterocycles. The molecule has 0 aliphatic carbocycles. The SMILES string of the molecule is CCCCCNC(=O)C(C)NC1CCS(=O)CC1. The summed E-state index contributed by atoms with van der Waals surface area (Å²) in [5.74, 6) is 1.61. The predicted octanol–water partition coefficient (Wildman–Crippen LogP) is 1.18. The number of carbonyl (C=O) groups is 1. The first-order valence-corrected chi connectivity index (χ1v) is 8.51. The van der Waals surface area contributed by atoms with Crippen molar-refractivity contribution in [2.75, 3.05) is 18.1 Å². The van der Waals surface area contributed by atoms with Gasteiger partial charge in [0.25, 0.3) is 0 Å². The van der Waals surface area contributed by atoms with Gasteiger partial charge in [0.1, 0.15) is 0 Å². The van der Waals surface area contributed by atoms with E-state index in [4.69, 9.17) is 0 Å². The third-order valence-corrected chi connectivity index (χ3v) is 4.73. The summed E-state index contributed by atoms with van der Waals surface area (Å²) in [7, 11) is -0.634. The van der Waals surface area contributed by atoms with Gasteiger partial charge in [0, 0.05) is 34.9 Å². The third kappa shape index (κ3) is 5.96. The zero-order valence-electron chi connectivity index (χ0n) is 11.5. The maximum absolute atomic E-state index is 11.8. The molecule has 0 bridgehead atoms. The van der Waals surface area contributed by atoms with Crippen LogP contribution in [0.25, 0.3) is 0 Å². The third-order valence-electron chi connectivity index (χ3n) is 3.35. The Kier molecular flexibility index (Phi) is 7.51. The van der Waals surface area contributed by atoms with Crippen molar-refractivity contribution in [2.24, 2.45) is 0 Å². The van der Waals surface area contributed by atoms with Gasteiger partial charge < -0.3 is 10.6 Å². The minimum absolute atomic E-state index is 0.0813. The maximum atomic E-state index is 11.8. The fraction of sp³-hybridized carbons (Fsp3) is 0.923. The molecular formula is C13H26N2O2S. The van der Waals surface area contributed by atoms with Crippen LogP contribution < -0.4 is 10.6 Å². The Morgan fingerprint density at radius 3 is 2.61 bits per heavy atom. The second kappa shape index (κ2) is 8.64. The van der Waals surface area contributed by atoms with Gasteiger partial charge in [-0.3, -0.25) is 9.00 Å². The highest BCUT2D eigenvalue weighted by molar-refractivity contribution is 7.85. The highest BCUT2D eigenvalue weighted by atomic mass is 32.2. The summed E-state index contributed by atoms with van der Waals surface area (Å²) in [6.07, 6.45) is 5.22. The Bertz CT molecular complexity index is 274. The van der Waals surface area contributed by atoms with Gasteiger partial charge in [-0.1, -0.05) is 19.8 Å². The highest BCUT2D eigenvalue weighted by Gasteiger charge is 2.21. The van der Waals surface area contributed by atoms with E-state index in [1.54, 1.807) is 0 Å². The summed E-state index contributed by atoms with van der Waals surface area (Å²) >= 11 is 0. The Morgan fingerprint density at radius 2 is 2.00 bits per heavy atom. The van der Waals surface area contributed by atoms with Crippen molar-refractivity contribution in [3.63, 3.8) is 0 Å². The van der Waals surface area contributed by atoms with Crippen LogP contribution in [0.4, 0.5) is 0 Å². The molecule has 1 rings (SSSR count). The molecular weight excluding hydrogens is 248 g/mol. The lowest BCUT2D eigenvalue weighted by Crippen LogP contribution is -2.48. The predicted molar refractivity (Wildman–Crippen MR) is 76.0 cm³/mol. The largest absolute Gasteiger partial charge is 0.355 e. The van der Waals surface area contributed by atoms with Gasteiger partial charge in [-0.05, 0) is 26.2 Å². The average molecular weight is 274 g/mol. The van der Waals surface area contributed by atoms with E-state index in [1.165, 1.54) is 6.42 Å². The Hall–Kier alpha value is -0.420. The molecule has 106 valence electrons. The Morgan fingerprint density at radius 1 is 1.33 bits per heavy atom. The first-order chi connectivity index (χ1) is 8.63. The summed E-state index contributed by atoms with van der Waals surface area (Å²) in [6, 6.07) is 0.197. The summed E-state index contributed by atoms with van der Waals surface area (Å²) in [6.45, 7) is 4.83. The average Bonchev–Trinajstić information content (AvgIpc) is 2.37. The first-order valence-electron chi connectivity index (χ1n) is 7.02. The quantitative estimate of drug-likeness (QED) is 0.686. The summed E-state index contributed by atoms with van der Waals surface area (Å²) in [5, 5.41) is 6.29. The number of hydrogen-bond donors (Lipinski definition) is 2. The van der Waals surface area contributed by atoms with E-state index in [1.807, 2.05) is 6.92 Å². The highest BCUT2D eigenvalue weighted by Crippen LogP contribution is 2.09. The second-order valence-electron chi connectivity index (χ2n) is 5.01. The molecule has 2 N–H and O–H groups in total. The number of unbranched alkanes of at least 4 members (excludes halogenated alkanes) is 2. The lowest BCUT2D eigenvalue weighted by atomic mass is 10.1. The Labute approximate surface area is 113 Å². The van der Waals surface area contributed by atoms with Gasteiger partial charge in [-0.15, -0.1) is 0 Å². The van der Waals surface area contributed by atoms with E-state index in [0.29, 0.717) is 6.04 Å². The van der Waals surface area contributed by atoms with Crippen molar-refractivity contribution in [3.05, 3.63) is 0 Å². The number of nitrogens with one attached hydrogen (secondary N) is 2. The topological polar surface area (TPSA) is 58.2 Å². The van der Waals surface area contributed by atoms with Gasteiger partial charge in [-0.25, -0.2) is 0 Å². The molecule has 1 unspecified atom stereocenters. The number of rotatable bonds is 7. The summed E-state index contributed by atoms with van der Waals surface area (Å²) in [5.41, 5.74) is 0. The van der Waals surface area contributed by atoms with Crippen LogP contribution >= 0.6 is 0 Å². The molecule has 1 aliphatic rings. The van der Waals surface area contributed by atoms with Crippen LogP contribution in [0.1, 0.15) is 46.0 Å². The van der Waals surface area contributed by atoms with Crippen molar-refractivity contribution in [1.29, 1.82) is 0 Å². The van der Waals surface area contributed by atoms with Crippen LogP contribution in [0.15, 0.2) is 0 Å². The smallest absolute Gasteiger partial charge is 0.236 e. The number of carbonyl (C=O) groups excluding carboxylic acids is 1. The molecule has 1 saturated heterocycles. The van der Waals surface area contributed by atoms with Crippen molar-refractivity contribution in [2.45, 2.75) is 58.0 Å². The molecule has 1 aliphatic heterocycles. The summed E-state index contributed by atoms with van der Waals surface area (Å²) in [4.78, 5) is 11.8. The molecule has 0 saturated carbocycles. The molecule has 1 amide bonds. The standard InChI is InChI=1S/C13H26N2O2S/c1-3-4-5-8-14-13(16)11(2)15-12-6-9-18(17)10-7-12/h11-12,15H,3-10H2,1-2H3,(H,14,16). The van der Waals surface area contributed by atoms with Gasteiger partial charge in [0.2, 0.25) is 5.91 Å². The van der Waals surface area contributed by atoms with Crippen LogP contribution in [0, 0.1) is 0 Å². The second-order valence-corrected chi connectivity index (χ2v) is 6.70. The molecule has 0 aromatic rings. The zero-order chi connectivity index (χ0) is 13.4. The van der Waals surface area contributed by atoms with Crippen molar-refractivity contribution in [1.82, 2.24) is 10.6 Å². The molecule has 0 radical (unpaired) electrons.